The maximum absolute atomic E-state index is 12.3. The van der Waals surface area contributed by atoms with E-state index in [1.54, 1.807) is 0 Å². The number of carbonyl (C=O) groups excluding carboxylic acids is 1. The molecular formula is C16H31N3O. The van der Waals surface area contributed by atoms with Gasteiger partial charge in [-0.3, -0.25) is 9.69 Å². The second-order valence-electron chi connectivity index (χ2n) is 6.39. The highest BCUT2D eigenvalue weighted by atomic mass is 16.2. The molecular weight excluding hydrogens is 250 g/mol. The molecule has 0 spiro atoms. The number of nitrogens with zero attached hydrogens (tertiary/aromatic N) is 2. The van der Waals surface area contributed by atoms with Crippen molar-refractivity contribution in [3.63, 3.8) is 0 Å². The fourth-order valence-electron chi connectivity index (χ4n) is 3.47. The Kier molecular flexibility index (Phi) is 5.85. The Balaban J connectivity index is 1.74. The van der Waals surface area contributed by atoms with Crippen molar-refractivity contribution in [1.82, 2.24) is 15.1 Å². The fourth-order valence-corrected chi connectivity index (χ4v) is 3.47. The van der Waals surface area contributed by atoms with Gasteiger partial charge in [0.25, 0.3) is 0 Å². The molecule has 2 aliphatic rings. The first-order valence-corrected chi connectivity index (χ1v) is 8.38. The second kappa shape index (κ2) is 7.41. The van der Waals surface area contributed by atoms with Crippen molar-refractivity contribution in [2.45, 2.75) is 70.5 Å². The van der Waals surface area contributed by atoms with Crippen LogP contribution in [0.15, 0.2) is 0 Å². The van der Waals surface area contributed by atoms with E-state index in [1.165, 1.54) is 38.5 Å². The van der Waals surface area contributed by atoms with E-state index < -0.39 is 0 Å². The van der Waals surface area contributed by atoms with E-state index in [2.05, 4.69) is 36.0 Å². The summed E-state index contributed by atoms with van der Waals surface area (Å²) in [6, 6.07) is 1.83. The average molecular weight is 281 g/mol. The van der Waals surface area contributed by atoms with Crippen molar-refractivity contribution >= 4 is 5.91 Å². The van der Waals surface area contributed by atoms with Gasteiger partial charge in [0, 0.05) is 24.7 Å². The van der Waals surface area contributed by atoms with Gasteiger partial charge in [0.2, 0.25) is 5.91 Å². The molecule has 116 valence electrons. The molecule has 0 aromatic carbocycles. The fraction of sp³-hybridized carbons (Fsp3) is 0.938. The summed E-state index contributed by atoms with van der Waals surface area (Å²) in [5.74, 6) is 0.325. The molecule has 0 aromatic rings. The van der Waals surface area contributed by atoms with Crippen LogP contribution in [0.25, 0.3) is 0 Å². The third-order valence-corrected chi connectivity index (χ3v) is 4.85. The van der Waals surface area contributed by atoms with E-state index in [-0.39, 0.29) is 0 Å². The van der Waals surface area contributed by atoms with Gasteiger partial charge in [-0.05, 0) is 59.0 Å². The van der Waals surface area contributed by atoms with Gasteiger partial charge in [0.05, 0.1) is 6.54 Å². The van der Waals surface area contributed by atoms with Crippen LogP contribution in [0.2, 0.25) is 0 Å². The van der Waals surface area contributed by atoms with Crippen LogP contribution in [0, 0.1) is 0 Å². The molecule has 0 aliphatic heterocycles. The summed E-state index contributed by atoms with van der Waals surface area (Å²) in [4.78, 5) is 16.7. The van der Waals surface area contributed by atoms with E-state index in [0.29, 0.717) is 30.6 Å². The number of nitrogens with one attached hydrogen (secondary N) is 1. The maximum Gasteiger partial charge on any atom is 0.236 e. The first-order valence-electron chi connectivity index (χ1n) is 8.38. The topological polar surface area (TPSA) is 35.6 Å². The zero-order chi connectivity index (χ0) is 14.5. The lowest BCUT2D eigenvalue weighted by Gasteiger charge is -2.35. The molecule has 1 amide bonds. The monoisotopic (exact) mass is 281 g/mol. The van der Waals surface area contributed by atoms with Crippen LogP contribution in [0.3, 0.4) is 0 Å². The number of amides is 1. The Morgan fingerprint density at radius 2 is 1.65 bits per heavy atom. The summed E-state index contributed by atoms with van der Waals surface area (Å²) >= 11 is 0. The highest BCUT2D eigenvalue weighted by Gasteiger charge is 2.32. The van der Waals surface area contributed by atoms with E-state index in [9.17, 15) is 4.79 Å². The molecule has 0 atom stereocenters. The molecule has 2 saturated carbocycles. The number of hydrogen-bond acceptors (Lipinski definition) is 3. The maximum atomic E-state index is 12.3. The zero-order valence-corrected chi connectivity index (χ0v) is 13.4. The van der Waals surface area contributed by atoms with Gasteiger partial charge in [-0.1, -0.05) is 6.92 Å². The highest BCUT2D eigenvalue weighted by molar-refractivity contribution is 5.78. The number of hydrogen-bond donors (Lipinski definition) is 1. The average Bonchev–Trinajstić information content (AvgIpc) is 3.25. The van der Waals surface area contributed by atoms with Crippen molar-refractivity contribution in [2.24, 2.45) is 0 Å². The van der Waals surface area contributed by atoms with Gasteiger partial charge in [0.15, 0.2) is 0 Å². The minimum absolute atomic E-state index is 0.325. The van der Waals surface area contributed by atoms with Crippen molar-refractivity contribution in [3.05, 3.63) is 0 Å². The first kappa shape index (κ1) is 15.8. The summed E-state index contributed by atoms with van der Waals surface area (Å²) in [6.45, 7) is 6.80. The Labute approximate surface area is 123 Å². The van der Waals surface area contributed by atoms with E-state index in [0.717, 1.165) is 13.1 Å². The molecule has 2 fully saturated rings. The summed E-state index contributed by atoms with van der Waals surface area (Å²) < 4.78 is 0. The number of rotatable bonds is 7. The van der Waals surface area contributed by atoms with Gasteiger partial charge in [0.1, 0.15) is 0 Å². The molecule has 0 radical (unpaired) electrons. The summed E-state index contributed by atoms with van der Waals surface area (Å²) in [5.41, 5.74) is 0. The van der Waals surface area contributed by atoms with Crippen LogP contribution in [0.5, 0.6) is 0 Å². The van der Waals surface area contributed by atoms with Gasteiger partial charge in [-0.25, -0.2) is 0 Å². The quantitative estimate of drug-likeness (QED) is 0.773. The van der Waals surface area contributed by atoms with Crippen LogP contribution in [0.4, 0.5) is 0 Å². The van der Waals surface area contributed by atoms with E-state index >= 15 is 0 Å². The molecule has 20 heavy (non-hydrogen) atoms. The van der Waals surface area contributed by atoms with Crippen LogP contribution in [-0.2, 0) is 4.79 Å². The molecule has 0 heterocycles. The van der Waals surface area contributed by atoms with Crippen LogP contribution < -0.4 is 5.32 Å². The molecule has 2 aliphatic carbocycles. The molecule has 0 aromatic heterocycles. The van der Waals surface area contributed by atoms with Gasteiger partial charge < -0.3 is 10.2 Å². The molecule has 4 nitrogen and oxygen atoms in total. The lowest BCUT2D eigenvalue weighted by Crippen LogP contribution is -2.46. The predicted molar refractivity (Wildman–Crippen MR) is 82.8 cm³/mol. The minimum atomic E-state index is 0.325. The van der Waals surface area contributed by atoms with Crippen molar-refractivity contribution < 1.29 is 4.79 Å². The smallest absolute Gasteiger partial charge is 0.236 e. The van der Waals surface area contributed by atoms with Crippen molar-refractivity contribution in [2.75, 3.05) is 26.7 Å². The van der Waals surface area contributed by atoms with E-state index in [4.69, 9.17) is 0 Å². The third kappa shape index (κ3) is 4.19. The number of likely N-dealkylation sites (N-methyl/N-ethyl adjacent to an activating group) is 2. The molecule has 0 bridgehead atoms. The van der Waals surface area contributed by atoms with Gasteiger partial charge in [-0.2, -0.15) is 0 Å². The SMILES string of the molecule is CCNC1CCC(N(C)CC(=O)N(CC)C2CC2)CC1. The van der Waals surface area contributed by atoms with Crippen LogP contribution in [-0.4, -0.2) is 60.5 Å². The Morgan fingerprint density at radius 1 is 1.05 bits per heavy atom. The molecule has 1 N–H and O–H groups in total. The second-order valence-corrected chi connectivity index (χ2v) is 6.39. The van der Waals surface area contributed by atoms with E-state index in [1.807, 2.05) is 0 Å². The van der Waals surface area contributed by atoms with Crippen molar-refractivity contribution in [3.8, 4) is 0 Å². The first-order chi connectivity index (χ1) is 9.65. The largest absolute Gasteiger partial charge is 0.339 e. The molecule has 0 unspecified atom stereocenters. The van der Waals surface area contributed by atoms with Gasteiger partial charge >= 0.3 is 0 Å². The summed E-state index contributed by atoms with van der Waals surface area (Å²) in [7, 11) is 2.12. The highest BCUT2D eigenvalue weighted by Crippen LogP contribution is 2.27. The lowest BCUT2D eigenvalue weighted by molar-refractivity contribution is -0.133. The minimum Gasteiger partial charge on any atom is -0.339 e. The Hall–Kier alpha value is -0.610. The Bertz CT molecular complexity index is 309. The van der Waals surface area contributed by atoms with Gasteiger partial charge in [-0.15, -0.1) is 0 Å². The molecule has 0 saturated heterocycles. The zero-order valence-electron chi connectivity index (χ0n) is 13.4. The molecule has 2 rings (SSSR count). The van der Waals surface area contributed by atoms with Crippen LogP contribution in [0.1, 0.15) is 52.4 Å². The number of carbonyl (C=O) groups is 1. The lowest BCUT2D eigenvalue weighted by atomic mass is 9.90. The van der Waals surface area contributed by atoms with Crippen molar-refractivity contribution in [1.29, 1.82) is 0 Å². The third-order valence-electron chi connectivity index (χ3n) is 4.85. The summed E-state index contributed by atoms with van der Waals surface area (Å²) in [5, 5.41) is 3.54. The normalized spacial score (nSPS) is 26.8. The Morgan fingerprint density at radius 3 is 2.15 bits per heavy atom. The standard InChI is InChI=1S/C16H31N3O/c1-4-17-13-6-8-14(9-7-13)18(3)12-16(20)19(5-2)15-10-11-15/h13-15,17H,4-12H2,1-3H3. The van der Waals surface area contributed by atoms with Crippen LogP contribution >= 0.6 is 0 Å². The molecule has 4 heteroatoms. The summed E-state index contributed by atoms with van der Waals surface area (Å²) in [6.07, 6.45) is 7.34. The predicted octanol–water partition coefficient (Wildman–Crippen LogP) is 1.85.